The number of hydrogen-bond acceptors (Lipinski definition) is 3. The van der Waals surface area contributed by atoms with E-state index in [2.05, 4.69) is 5.32 Å². The van der Waals surface area contributed by atoms with Gasteiger partial charge in [0.1, 0.15) is 22.8 Å². The van der Waals surface area contributed by atoms with Gasteiger partial charge in [-0.25, -0.2) is 9.18 Å². The number of fused-ring (bicyclic) bond motifs is 1. The zero-order valence-corrected chi connectivity index (χ0v) is 15.6. The predicted octanol–water partition coefficient (Wildman–Crippen LogP) is 5.53. The van der Waals surface area contributed by atoms with Crippen molar-refractivity contribution in [1.82, 2.24) is 0 Å². The third kappa shape index (κ3) is 3.82. The normalized spacial score (nSPS) is 18.6. The van der Waals surface area contributed by atoms with E-state index in [1.165, 1.54) is 12.1 Å². The summed E-state index contributed by atoms with van der Waals surface area (Å²) in [6.45, 7) is 5.84. The molecule has 4 nitrogen and oxygen atoms in total. The van der Waals surface area contributed by atoms with E-state index in [4.69, 9.17) is 9.47 Å². The van der Waals surface area contributed by atoms with Crippen molar-refractivity contribution >= 4 is 17.4 Å². The van der Waals surface area contributed by atoms with Gasteiger partial charge in [-0.3, -0.25) is 5.32 Å². The largest absolute Gasteiger partial charge is 0.483 e. The number of benzene rings is 2. The van der Waals surface area contributed by atoms with Gasteiger partial charge in [0.25, 0.3) is 0 Å². The van der Waals surface area contributed by atoms with Gasteiger partial charge in [-0.05, 0) is 75.1 Å². The molecule has 1 aliphatic carbocycles. The van der Waals surface area contributed by atoms with E-state index in [0.717, 1.165) is 29.5 Å². The molecule has 1 N–H and O–H groups in total. The summed E-state index contributed by atoms with van der Waals surface area (Å²) in [4.78, 5) is 12.1. The molecule has 1 aliphatic heterocycles. The van der Waals surface area contributed by atoms with Crippen LogP contribution in [-0.2, 0) is 4.74 Å². The van der Waals surface area contributed by atoms with Gasteiger partial charge >= 0.3 is 6.09 Å². The summed E-state index contributed by atoms with van der Waals surface area (Å²) in [7, 11) is 0. The minimum atomic E-state index is -0.530. The molecule has 0 unspecified atom stereocenters. The molecule has 2 aromatic carbocycles. The summed E-state index contributed by atoms with van der Waals surface area (Å²) in [5.74, 6) is 0.394. The fourth-order valence-electron chi connectivity index (χ4n) is 3.16. The highest BCUT2D eigenvalue weighted by Crippen LogP contribution is 2.41. The van der Waals surface area contributed by atoms with Crippen LogP contribution < -0.4 is 10.1 Å². The van der Waals surface area contributed by atoms with E-state index < -0.39 is 11.7 Å². The quantitative estimate of drug-likeness (QED) is 0.776. The zero-order valence-electron chi connectivity index (χ0n) is 15.6. The number of hydrogen-bond donors (Lipinski definition) is 1. The van der Waals surface area contributed by atoms with Gasteiger partial charge in [-0.15, -0.1) is 0 Å². The molecular weight excluding hydrogens is 345 g/mol. The van der Waals surface area contributed by atoms with E-state index in [-0.39, 0.29) is 11.4 Å². The summed E-state index contributed by atoms with van der Waals surface area (Å²) in [5, 5.41) is 2.77. The molecule has 140 valence electrons. The Hall–Kier alpha value is -2.82. The standard InChI is InChI=1S/C22H22FNO3/c1-21(2)13-18(14-4-6-15(23)7-5-14)17-9-8-16(12-19(17)26-21)24-20(25)27-22(3)10-11-22/h4-9,12-13H,10-11H2,1-3H3,(H,24,25). The van der Waals surface area contributed by atoms with Crippen LogP contribution in [0.2, 0.25) is 0 Å². The van der Waals surface area contributed by atoms with Crippen LogP contribution in [-0.4, -0.2) is 17.3 Å². The van der Waals surface area contributed by atoms with Crippen LogP contribution in [0.5, 0.6) is 5.75 Å². The average Bonchev–Trinajstić information content (AvgIpc) is 3.30. The number of halogens is 1. The lowest BCUT2D eigenvalue weighted by atomic mass is 9.90. The van der Waals surface area contributed by atoms with E-state index in [0.29, 0.717) is 11.4 Å². The van der Waals surface area contributed by atoms with Crippen molar-refractivity contribution in [3.8, 4) is 5.75 Å². The Morgan fingerprint density at radius 1 is 1.11 bits per heavy atom. The highest BCUT2D eigenvalue weighted by molar-refractivity contribution is 5.89. The topological polar surface area (TPSA) is 47.6 Å². The van der Waals surface area contributed by atoms with Gasteiger partial charge in [0.15, 0.2) is 0 Å². The third-order valence-electron chi connectivity index (χ3n) is 4.83. The molecule has 5 heteroatoms. The van der Waals surface area contributed by atoms with E-state index in [1.807, 2.05) is 39.0 Å². The lowest BCUT2D eigenvalue weighted by molar-refractivity contribution is 0.107. The number of carbonyl (C=O) groups excluding carboxylic acids is 1. The summed E-state index contributed by atoms with van der Waals surface area (Å²) >= 11 is 0. The Labute approximate surface area is 158 Å². The maximum absolute atomic E-state index is 13.3. The Bertz CT molecular complexity index is 927. The molecule has 1 amide bonds. The van der Waals surface area contributed by atoms with Gasteiger partial charge in [0, 0.05) is 17.3 Å². The van der Waals surface area contributed by atoms with Crippen molar-refractivity contribution < 1.29 is 18.7 Å². The van der Waals surface area contributed by atoms with Crippen molar-refractivity contribution in [3.05, 3.63) is 65.5 Å². The van der Waals surface area contributed by atoms with Crippen molar-refractivity contribution in [2.75, 3.05) is 5.32 Å². The molecule has 1 saturated carbocycles. The van der Waals surface area contributed by atoms with E-state index in [9.17, 15) is 9.18 Å². The van der Waals surface area contributed by atoms with Gasteiger partial charge < -0.3 is 9.47 Å². The number of nitrogens with one attached hydrogen (secondary N) is 1. The Kier molecular flexibility index (Phi) is 3.98. The highest BCUT2D eigenvalue weighted by atomic mass is 19.1. The van der Waals surface area contributed by atoms with Crippen LogP contribution in [0.15, 0.2) is 48.5 Å². The molecular formula is C22H22FNO3. The Morgan fingerprint density at radius 3 is 2.48 bits per heavy atom. The molecule has 0 saturated heterocycles. The minimum absolute atomic E-state index is 0.270. The van der Waals surface area contributed by atoms with Crippen LogP contribution in [0.4, 0.5) is 14.9 Å². The molecule has 27 heavy (non-hydrogen) atoms. The first-order valence-corrected chi connectivity index (χ1v) is 9.05. The molecule has 1 fully saturated rings. The monoisotopic (exact) mass is 367 g/mol. The molecule has 0 atom stereocenters. The molecule has 0 radical (unpaired) electrons. The zero-order chi connectivity index (χ0) is 19.2. The van der Waals surface area contributed by atoms with Gasteiger partial charge in [-0.1, -0.05) is 12.1 Å². The first-order chi connectivity index (χ1) is 12.7. The Balaban J connectivity index is 1.63. The van der Waals surface area contributed by atoms with Gasteiger partial charge in [0.05, 0.1) is 0 Å². The molecule has 2 aliphatic rings. The second-order valence-corrected chi connectivity index (χ2v) is 7.95. The summed E-state index contributed by atoms with van der Waals surface area (Å²) in [6.07, 6.45) is 3.36. The SMILES string of the molecule is CC1(C)C=C(c2ccc(F)cc2)c2ccc(NC(=O)OC3(C)CC3)cc2O1. The summed E-state index contributed by atoms with van der Waals surface area (Å²) in [6, 6.07) is 11.9. The second-order valence-electron chi connectivity index (χ2n) is 7.95. The van der Waals surface area contributed by atoms with E-state index >= 15 is 0 Å². The van der Waals surface area contributed by atoms with Gasteiger partial charge in [-0.2, -0.15) is 0 Å². The van der Waals surface area contributed by atoms with Crippen LogP contribution in [0, 0.1) is 5.82 Å². The van der Waals surface area contributed by atoms with Crippen LogP contribution in [0.25, 0.3) is 5.57 Å². The number of anilines is 1. The second kappa shape index (κ2) is 6.12. The maximum atomic E-state index is 13.3. The van der Waals surface area contributed by atoms with Gasteiger partial charge in [0.2, 0.25) is 0 Å². The molecule has 4 rings (SSSR count). The fourth-order valence-corrected chi connectivity index (χ4v) is 3.16. The molecule has 0 aromatic heterocycles. The molecule has 0 spiro atoms. The number of ether oxygens (including phenoxy) is 2. The highest BCUT2D eigenvalue weighted by Gasteiger charge is 2.41. The molecule has 1 heterocycles. The number of amides is 1. The average molecular weight is 367 g/mol. The maximum Gasteiger partial charge on any atom is 0.412 e. The van der Waals surface area contributed by atoms with Crippen LogP contribution >= 0.6 is 0 Å². The van der Waals surface area contributed by atoms with Crippen molar-refractivity contribution in [2.24, 2.45) is 0 Å². The summed E-state index contributed by atoms with van der Waals surface area (Å²) in [5.41, 5.74) is 2.54. The molecule has 2 aromatic rings. The van der Waals surface area contributed by atoms with Crippen molar-refractivity contribution in [2.45, 2.75) is 44.8 Å². The third-order valence-corrected chi connectivity index (χ3v) is 4.83. The number of carbonyl (C=O) groups is 1. The fraction of sp³-hybridized carbons (Fsp3) is 0.318. The van der Waals surface area contributed by atoms with Crippen molar-refractivity contribution in [1.29, 1.82) is 0 Å². The predicted molar refractivity (Wildman–Crippen MR) is 102 cm³/mol. The number of rotatable bonds is 3. The van der Waals surface area contributed by atoms with E-state index in [1.54, 1.807) is 18.2 Å². The lowest BCUT2D eigenvalue weighted by Crippen LogP contribution is -2.29. The smallest absolute Gasteiger partial charge is 0.412 e. The van der Waals surface area contributed by atoms with Crippen LogP contribution in [0.1, 0.15) is 44.7 Å². The first-order valence-electron chi connectivity index (χ1n) is 9.05. The Morgan fingerprint density at radius 2 is 1.81 bits per heavy atom. The molecule has 0 bridgehead atoms. The summed E-state index contributed by atoms with van der Waals surface area (Å²) < 4.78 is 24.8. The minimum Gasteiger partial charge on any atom is -0.483 e. The van der Waals surface area contributed by atoms with Crippen molar-refractivity contribution in [3.63, 3.8) is 0 Å². The van der Waals surface area contributed by atoms with Crippen LogP contribution in [0.3, 0.4) is 0 Å². The first kappa shape index (κ1) is 17.6. The lowest BCUT2D eigenvalue weighted by Gasteiger charge is -2.31.